The smallest absolute Gasteiger partial charge is 0.322 e. The number of aromatic nitrogens is 3. The van der Waals surface area contributed by atoms with Gasteiger partial charge in [-0.3, -0.25) is 43.3 Å². The van der Waals surface area contributed by atoms with E-state index in [4.69, 9.17) is 17.2 Å². The summed E-state index contributed by atoms with van der Waals surface area (Å²) in [6.07, 6.45) is 5.40. The zero-order valence-electron chi connectivity index (χ0n) is 37.4. The van der Waals surface area contributed by atoms with E-state index in [9.17, 15) is 48.6 Å². The van der Waals surface area contributed by atoms with Crippen molar-refractivity contribution in [3.8, 4) is 0 Å². The van der Waals surface area contributed by atoms with Gasteiger partial charge in [0.05, 0.1) is 12.4 Å². The molecule has 4 rings (SSSR count). The molecular weight excluding hydrogens is 903 g/mol. The first kappa shape index (κ1) is 53.1. The Hall–Kier alpha value is -7.47. The van der Waals surface area contributed by atoms with Gasteiger partial charge in [0.1, 0.15) is 36.8 Å². The summed E-state index contributed by atoms with van der Waals surface area (Å²) in [5.74, 6) is -7.15. The summed E-state index contributed by atoms with van der Waals surface area (Å²) in [6.45, 7) is -0.679. The molecule has 0 saturated heterocycles. The number of imidazole rings is 1. The van der Waals surface area contributed by atoms with Crippen LogP contribution in [0.15, 0.2) is 78.3 Å². The number of H-pyrrole nitrogens is 2. The molecule has 0 radical (unpaired) electrons. The molecule has 2 heterocycles. The van der Waals surface area contributed by atoms with Crippen molar-refractivity contribution in [2.75, 3.05) is 25.1 Å². The van der Waals surface area contributed by atoms with Crippen molar-refractivity contribution >= 4 is 76.0 Å². The number of aromatic amines is 2. The number of nitrogens with one attached hydrogen (secondary N) is 8. The summed E-state index contributed by atoms with van der Waals surface area (Å²) < 4.78 is 0. The van der Waals surface area contributed by atoms with E-state index >= 15 is 0 Å². The Morgan fingerprint density at radius 3 is 1.90 bits per heavy atom. The fourth-order valence-electron chi connectivity index (χ4n) is 6.95. The van der Waals surface area contributed by atoms with Crippen LogP contribution >= 0.6 is 11.8 Å². The number of nitrogens with two attached hydrogens (primary N) is 3. The number of carboxylic acids is 2. The Bertz CT molecular complexity index is 2360. The number of carbonyl (C=O) groups is 8. The van der Waals surface area contributed by atoms with E-state index in [1.807, 2.05) is 24.5 Å². The molecule has 2 aromatic carbocycles. The lowest BCUT2D eigenvalue weighted by atomic mass is 10.0. The first-order chi connectivity index (χ1) is 32.5. The molecule has 68 heavy (non-hydrogen) atoms. The average Bonchev–Trinajstić information content (AvgIpc) is 3.99. The van der Waals surface area contributed by atoms with Crippen molar-refractivity contribution in [1.29, 1.82) is 0 Å². The lowest BCUT2D eigenvalue weighted by Gasteiger charge is -2.27. The van der Waals surface area contributed by atoms with Gasteiger partial charge in [0.25, 0.3) is 0 Å². The van der Waals surface area contributed by atoms with Crippen LogP contribution in [-0.2, 0) is 57.6 Å². The summed E-state index contributed by atoms with van der Waals surface area (Å²) in [5, 5.41) is 35.0. The number of para-hydroxylation sites is 1. The van der Waals surface area contributed by atoms with Crippen LogP contribution in [0.4, 0.5) is 0 Å². The topological polar surface area (TPSA) is 384 Å². The maximum atomic E-state index is 14.5. The van der Waals surface area contributed by atoms with Crippen LogP contribution in [0.25, 0.3) is 10.9 Å². The van der Waals surface area contributed by atoms with E-state index in [2.05, 4.69) is 51.8 Å². The molecular formula is C44H59N13O10S. The third-order valence-corrected chi connectivity index (χ3v) is 11.1. The lowest BCUT2D eigenvalue weighted by molar-refractivity contribution is -0.139. The van der Waals surface area contributed by atoms with Crippen LogP contribution in [0.2, 0.25) is 0 Å². The van der Waals surface area contributed by atoms with Crippen LogP contribution in [0.1, 0.15) is 48.9 Å². The van der Waals surface area contributed by atoms with Crippen molar-refractivity contribution in [2.45, 2.75) is 87.6 Å². The predicted molar refractivity (Wildman–Crippen MR) is 252 cm³/mol. The SMILES string of the molecule is CSCC[C@H](N)C(=O)N[C@H](CCC(=O)O)C(=O)N[C@H](Cc1cnc[nH]1)C(=O)N[C@H](Cc1ccccc1)C(=O)N[C@@H](CCCN=C(N)N)C(=O)N[C@@H](Cc1c[nH]c2ccccc12)C(=O)NCC(=O)O. The molecule has 16 N–H and O–H groups in total. The molecule has 366 valence electrons. The lowest BCUT2D eigenvalue weighted by Crippen LogP contribution is -2.60. The number of aliphatic carboxylic acids is 2. The maximum absolute atomic E-state index is 14.5. The average molecular weight is 962 g/mol. The molecule has 24 heteroatoms. The highest BCUT2D eigenvalue weighted by Gasteiger charge is 2.34. The van der Waals surface area contributed by atoms with Crippen molar-refractivity contribution < 1.29 is 48.6 Å². The van der Waals surface area contributed by atoms with Crippen LogP contribution in [0.3, 0.4) is 0 Å². The van der Waals surface area contributed by atoms with Crippen molar-refractivity contribution in [2.24, 2.45) is 22.2 Å². The number of carbonyl (C=O) groups excluding carboxylic acids is 6. The molecule has 2 aromatic heterocycles. The minimum Gasteiger partial charge on any atom is -0.481 e. The number of aliphatic imine (C=N–C) groups is 1. The van der Waals surface area contributed by atoms with Gasteiger partial charge in [0, 0.05) is 61.2 Å². The van der Waals surface area contributed by atoms with Gasteiger partial charge >= 0.3 is 11.9 Å². The summed E-state index contributed by atoms with van der Waals surface area (Å²) in [7, 11) is 0. The van der Waals surface area contributed by atoms with Gasteiger partial charge in [0.15, 0.2) is 5.96 Å². The van der Waals surface area contributed by atoms with Crippen LogP contribution in [-0.4, -0.2) is 140 Å². The molecule has 0 aliphatic heterocycles. The number of fused-ring (bicyclic) bond motifs is 1. The number of thioether (sulfide) groups is 1. The minimum atomic E-state index is -1.43. The third-order valence-electron chi connectivity index (χ3n) is 10.5. The van der Waals surface area contributed by atoms with Crippen LogP contribution in [0.5, 0.6) is 0 Å². The third kappa shape index (κ3) is 17.7. The second-order valence-corrected chi connectivity index (χ2v) is 16.7. The zero-order valence-corrected chi connectivity index (χ0v) is 38.2. The summed E-state index contributed by atoms with van der Waals surface area (Å²) in [5.41, 5.74) is 19.5. The zero-order chi connectivity index (χ0) is 49.6. The van der Waals surface area contributed by atoms with Crippen LogP contribution < -0.4 is 49.1 Å². The molecule has 6 amide bonds. The molecule has 0 fully saturated rings. The second-order valence-electron chi connectivity index (χ2n) is 15.7. The first-order valence-electron chi connectivity index (χ1n) is 21.6. The van der Waals surface area contributed by atoms with E-state index < -0.39 is 96.6 Å². The number of nitrogens with zero attached hydrogens (tertiary/aromatic N) is 2. The highest BCUT2D eigenvalue weighted by molar-refractivity contribution is 7.98. The molecule has 0 bridgehead atoms. The van der Waals surface area contributed by atoms with Gasteiger partial charge in [-0.1, -0.05) is 48.5 Å². The Balaban J connectivity index is 1.64. The molecule has 23 nitrogen and oxygen atoms in total. The second kappa shape index (κ2) is 27.2. The van der Waals surface area contributed by atoms with Gasteiger partial charge in [-0.05, 0) is 54.9 Å². The number of hydrogen-bond acceptors (Lipinski definition) is 12. The highest BCUT2D eigenvalue weighted by Crippen LogP contribution is 2.20. The Labute approximate surface area is 395 Å². The number of benzene rings is 2. The summed E-state index contributed by atoms with van der Waals surface area (Å²) in [4.78, 5) is 120. The molecule has 4 aromatic rings. The Morgan fingerprint density at radius 2 is 1.28 bits per heavy atom. The van der Waals surface area contributed by atoms with E-state index in [1.165, 1.54) is 24.3 Å². The van der Waals surface area contributed by atoms with Crippen molar-refractivity contribution in [3.63, 3.8) is 0 Å². The van der Waals surface area contributed by atoms with E-state index in [-0.39, 0.29) is 57.5 Å². The van der Waals surface area contributed by atoms with Crippen molar-refractivity contribution in [1.82, 2.24) is 46.9 Å². The molecule has 6 atom stereocenters. The molecule has 0 spiro atoms. The number of rotatable bonds is 29. The molecule has 0 aliphatic carbocycles. The quantitative estimate of drug-likeness (QED) is 0.0168. The van der Waals surface area contributed by atoms with Gasteiger partial charge in [0.2, 0.25) is 35.4 Å². The fraction of sp³-hybridized carbons (Fsp3) is 0.409. The molecule has 0 aliphatic rings. The maximum Gasteiger partial charge on any atom is 0.322 e. The summed E-state index contributed by atoms with van der Waals surface area (Å²) >= 11 is 1.46. The highest BCUT2D eigenvalue weighted by atomic mass is 32.2. The van der Waals surface area contributed by atoms with Crippen molar-refractivity contribution in [3.05, 3.63) is 90.1 Å². The van der Waals surface area contributed by atoms with E-state index in [0.29, 0.717) is 22.6 Å². The predicted octanol–water partition coefficient (Wildman–Crippen LogP) is -1.46. The monoisotopic (exact) mass is 961 g/mol. The molecule has 0 unspecified atom stereocenters. The first-order valence-corrected chi connectivity index (χ1v) is 23.0. The summed E-state index contributed by atoms with van der Waals surface area (Å²) in [6, 6.07) is 7.90. The number of guanidine groups is 1. The largest absolute Gasteiger partial charge is 0.481 e. The van der Waals surface area contributed by atoms with Crippen LogP contribution in [0, 0.1) is 0 Å². The van der Waals surface area contributed by atoms with Gasteiger partial charge < -0.3 is 69.3 Å². The number of carboxylic acid groups (broad SMARTS) is 2. The minimum absolute atomic E-state index is 0.0522. The fourth-order valence-corrected chi connectivity index (χ4v) is 7.44. The van der Waals surface area contributed by atoms with E-state index in [1.54, 1.807) is 42.6 Å². The Kier molecular flexibility index (Phi) is 21.3. The van der Waals surface area contributed by atoms with E-state index in [0.717, 1.165) is 10.9 Å². The Morgan fingerprint density at radius 1 is 0.691 bits per heavy atom. The van der Waals surface area contributed by atoms with Gasteiger partial charge in [-0.2, -0.15) is 11.8 Å². The standard InChI is InChI=1S/C44H59N13O10S/c1-68-17-15-29(45)38(62)53-32(13-14-36(58)59)41(65)57-35(20-27-22-48-24-52-27)43(67)55-33(18-25-8-3-2-4-9-25)42(66)54-31(12-7-16-49-44(46)47)40(64)56-34(39(63)51-23-37(60)61)19-26-21-50-30-11-6-5-10-28(26)30/h2-6,8-11,21-22,24,29,31-35,50H,7,12-20,23,45H2,1H3,(H,48,52)(H,51,63)(H,53,62)(H,54,66)(H,55,67)(H,56,64)(H,57,65)(H,58,59)(H,60,61)(H4,46,47,49)/t29-,31-,32+,33+,34-,35+/m0/s1. The van der Waals surface area contributed by atoms with Gasteiger partial charge in [-0.15, -0.1) is 0 Å². The normalized spacial score (nSPS) is 13.6. The van der Waals surface area contributed by atoms with Gasteiger partial charge in [-0.25, -0.2) is 4.98 Å². The number of hydrogen-bond donors (Lipinski definition) is 13. The number of amides is 6. The molecule has 0 saturated carbocycles.